The maximum Gasteiger partial charge on any atom is 0.490 e. The number of fused-ring (bicyclic) bond motifs is 1. The van der Waals surface area contributed by atoms with Gasteiger partial charge in [-0.05, 0) is 22.4 Å². The van der Waals surface area contributed by atoms with Crippen molar-refractivity contribution in [1.82, 2.24) is 9.55 Å². The summed E-state index contributed by atoms with van der Waals surface area (Å²) < 4.78 is 59.8. The number of nitrogens with zero attached hydrogens (tertiary/aromatic N) is 1. The van der Waals surface area contributed by atoms with Crippen molar-refractivity contribution in [1.29, 1.82) is 0 Å². The van der Waals surface area contributed by atoms with Gasteiger partial charge in [0, 0.05) is 12.3 Å². The third-order valence-electron chi connectivity index (χ3n) is 5.49. The zero-order valence-electron chi connectivity index (χ0n) is 20.0. The summed E-state index contributed by atoms with van der Waals surface area (Å²) in [6.45, 7) is -1.57. The number of phosphoric ester groups is 2. The molecule has 7 atom stereocenters. The lowest BCUT2D eigenvalue weighted by Crippen LogP contribution is -2.37. The molecule has 6 N–H and O–H groups in total. The first-order valence-electron chi connectivity index (χ1n) is 11.2. The highest BCUT2D eigenvalue weighted by Crippen LogP contribution is 2.67. The molecule has 4 rings (SSSR count). The van der Waals surface area contributed by atoms with Crippen LogP contribution in [0.25, 0.3) is 10.8 Å². The summed E-state index contributed by atoms with van der Waals surface area (Å²) in [7, 11) is -16.6. The van der Waals surface area contributed by atoms with E-state index >= 15 is 0 Å². The number of hydrogen-bond acceptors (Lipinski definition) is 12. The molecule has 1 aliphatic heterocycles. The summed E-state index contributed by atoms with van der Waals surface area (Å²) in [4.78, 5) is 54.4. The van der Waals surface area contributed by atoms with E-state index in [1.807, 2.05) is 17.1 Å². The van der Waals surface area contributed by atoms with E-state index in [2.05, 4.69) is 17.7 Å². The Labute approximate surface area is 224 Å². The summed E-state index contributed by atoms with van der Waals surface area (Å²) >= 11 is 0. The van der Waals surface area contributed by atoms with Crippen LogP contribution in [0.15, 0.2) is 64.3 Å². The first kappa shape index (κ1) is 30.6. The molecule has 0 bridgehead atoms. The number of phosphoric acid groups is 3. The highest BCUT2D eigenvalue weighted by atomic mass is 31.3. The highest BCUT2D eigenvalue weighted by Gasteiger charge is 2.47. The smallest absolute Gasteiger partial charge is 0.387 e. The maximum atomic E-state index is 12.2. The van der Waals surface area contributed by atoms with Gasteiger partial charge < -0.3 is 29.6 Å². The van der Waals surface area contributed by atoms with Gasteiger partial charge in [0.1, 0.15) is 18.3 Å². The number of aromatic nitrogens is 2. The fraction of sp³-hybridized carbons (Fsp3) is 0.300. The molecule has 3 aromatic rings. The van der Waals surface area contributed by atoms with E-state index in [0.717, 1.165) is 27.6 Å². The topological polar surface area (TPSA) is 253 Å². The minimum absolute atomic E-state index is 0.404. The molecule has 7 unspecified atom stereocenters. The second-order valence-corrected chi connectivity index (χ2v) is 13.0. The van der Waals surface area contributed by atoms with Gasteiger partial charge in [0.25, 0.3) is 5.56 Å². The van der Waals surface area contributed by atoms with Crippen LogP contribution in [-0.2, 0) is 42.7 Å². The first-order chi connectivity index (χ1) is 18.6. The molecule has 17 nitrogen and oxygen atoms in total. The summed E-state index contributed by atoms with van der Waals surface area (Å²) in [5, 5.41) is 22.0. The number of H-pyrrole nitrogens is 1. The van der Waals surface area contributed by atoms with Gasteiger partial charge in [0.2, 0.25) is 0 Å². The normalized spacial score (nSPS) is 25.7. The monoisotopic (exact) mass is 624 g/mol. The number of aliphatic hydroxyl groups is 2. The molecule has 0 saturated carbocycles. The third-order valence-corrected chi connectivity index (χ3v) is 9.72. The van der Waals surface area contributed by atoms with Gasteiger partial charge in [-0.1, -0.05) is 36.4 Å². The number of aliphatic hydroxyl groups excluding tert-OH is 2. The van der Waals surface area contributed by atoms with Crippen LogP contribution in [0, 0.1) is 0 Å². The molecule has 1 fully saturated rings. The Morgan fingerprint density at radius 3 is 2.17 bits per heavy atom. The van der Waals surface area contributed by atoms with Crippen LogP contribution in [0.3, 0.4) is 0 Å². The number of ether oxygens (including phenoxy) is 1. The lowest BCUT2D eigenvalue weighted by molar-refractivity contribution is -0.0542. The lowest BCUT2D eigenvalue weighted by Gasteiger charge is -2.20. The quantitative estimate of drug-likeness (QED) is 0.162. The third kappa shape index (κ3) is 7.69. The van der Waals surface area contributed by atoms with Crippen molar-refractivity contribution in [3.8, 4) is 0 Å². The van der Waals surface area contributed by atoms with E-state index in [1.165, 1.54) is 0 Å². The van der Waals surface area contributed by atoms with Crippen molar-refractivity contribution in [2.24, 2.45) is 0 Å². The van der Waals surface area contributed by atoms with E-state index in [4.69, 9.17) is 4.74 Å². The fourth-order valence-electron chi connectivity index (χ4n) is 3.70. The molecular formula is C20H23N2O15P3. The van der Waals surface area contributed by atoms with E-state index in [-0.39, 0.29) is 0 Å². The van der Waals surface area contributed by atoms with Crippen molar-refractivity contribution in [2.75, 3.05) is 6.61 Å². The molecule has 20 heteroatoms. The van der Waals surface area contributed by atoms with E-state index in [9.17, 15) is 48.2 Å². The predicted octanol–water partition coefficient (Wildman–Crippen LogP) is 0.877. The largest absolute Gasteiger partial charge is 0.490 e. The maximum absolute atomic E-state index is 12.2. The van der Waals surface area contributed by atoms with Crippen molar-refractivity contribution in [2.45, 2.75) is 31.1 Å². The van der Waals surface area contributed by atoms with Gasteiger partial charge in [0.15, 0.2) is 6.23 Å². The molecule has 2 aromatic carbocycles. The molecule has 218 valence electrons. The van der Waals surface area contributed by atoms with Crippen LogP contribution in [0.1, 0.15) is 11.8 Å². The minimum Gasteiger partial charge on any atom is -0.387 e. The number of aromatic amines is 1. The van der Waals surface area contributed by atoms with E-state index in [0.29, 0.717) is 5.56 Å². The summed E-state index contributed by atoms with van der Waals surface area (Å²) in [6.07, 6.45) is -5.69. The Bertz CT molecular complexity index is 1640. The Balaban J connectivity index is 1.32. The van der Waals surface area contributed by atoms with Gasteiger partial charge in [-0.3, -0.25) is 23.4 Å². The zero-order chi connectivity index (χ0) is 29.3. The Hall–Kier alpha value is -2.33. The fourth-order valence-corrected chi connectivity index (χ4v) is 7.20. The van der Waals surface area contributed by atoms with Crippen molar-refractivity contribution >= 4 is 34.2 Å². The second kappa shape index (κ2) is 11.9. The molecule has 1 aliphatic rings. The Kier molecular flexibility index (Phi) is 9.10. The summed E-state index contributed by atoms with van der Waals surface area (Å²) in [6, 6.07) is 13.1. The van der Waals surface area contributed by atoms with Gasteiger partial charge in [0.05, 0.1) is 13.2 Å². The number of benzene rings is 2. The van der Waals surface area contributed by atoms with Crippen LogP contribution >= 0.6 is 23.5 Å². The summed E-state index contributed by atoms with van der Waals surface area (Å²) in [5.41, 5.74) is -1.33. The minimum atomic E-state index is -5.76. The standard InChI is InChI=1S/C20H23N2O15P3/c23-16-7-8-22(20(26)21-16)19-18(25)17(24)15(35-19)11-34-39(29,30)37-40(31,32)36-38(27,28)33-10-12-5-6-13-3-1-2-4-14(13)9-12/h1-9,15,17-19,24-25H,10-11H2,(H,27,28)(H,29,30)(H,31,32)(H,21,23,26). The number of hydrogen-bond donors (Lipinski definition) is 6. The van der Waals surface area contributed by atoms with E-state index in [1.54, 1.807) is 30.3 Å². The molecule has 0 aliphatic carbocycles. The average molecular weight is 624 g/mol. The molecule has 0 spiro atoms. The molecule has 2 heterocycles. The second-order valence-electron chi connectivity index (χ2n) is 8.38. The van der Waals surface area contributed by atoms with Crippen LogP contribution < -0.4 is 11.2 Å². The van der Waals surface area contributed by atoms with E-state index < -0.39 is 72.5 Å². The first-order valence-corrected chi connectivity index (χ1v) is 15.6. The SMILES string of the molecule is O=c1ccn(C2OC(COP(=O)(O)OP(=O)(O)OP(=O)(O)OCc3ccc4ccccc4c3)C(O)C2O)c(=O)[nH]1. The predicted molar refractivity (Wildman–Crippen MR) is 134 cm³/mol. The van der Waals surface area contributed by atoms with Crippen LogP contribution in [0.2, 0.25) is 0 Å². The number of rotatable bonds is 11. The van der Waals surface area contributed by atoms with Gasteiger partial charge in [-0.2, -0.15) is 8.62 Å². The number of nitrogens with one attached hydrogen (secondary N) is 1. The van der Waals surface area contributed by atoms with Crippen LogP contribution in [0.5, 0.6) is 0 Å². The Morgan fingerprint density at radius 1 is 0.850 bits per heavy atom. The zero-order valence-corrected chi connectivity index (χ0v) is 22.7. The molecule has 0 amide bonds. The molecule has 1 aromatic heterocycles. The molecule has 40 heavy (non-hydrogen) atoms. The van der Waals surface area contributed by atoms with Gasteiger partial charge >= 0.3 is 29.2 Å². The van der Waals surface area contributed by atoms with Crippen molar-refractivity contribution in [3.05, 3.63) is 81.1 Å². The van der Waals surface area contributed by atoms with Crippen LogP contribution in [-0.4, -0.2) is 59.4 Å². The van der Waals surface area contributed by atoms with Crippen molar-refractivity contribution in [3.63, 3.8) is 0 Å². The van der Waals surface area contributed by atoms with Crippen LogP contribution in [0.4, 0.5) is 0 Å². The molecule has 0 radical (unpaired) electrons. The highest BCUT2D eigenvalue weighted by molar-refractivity contribution is 7.66. The molecule has 1 saturated heterocycles. The molecular weight excluding hydrogens is 601 g/mol. The lowest BCUT2D eigenvalue weighted by atomic mass is 10.1. The average Bonchev–Trinajstić information content (AvgIpc) is 3.13. The van der Waals surface area contributed by atoms with Crippen molar-refractivity contribution < 1.29 is 61.0 Å². The Morgan fingerprint density at radius 2 is 1.50 bits per heavy atom. The van der Waals surface area contributed by atoms with Gasteiger partial charge in [-0.15, -0.1) is 0 Å². The summed E-state index contributed by atoms with van der Waals surface area (Å²) in [5.74, 6) is 0. The van der Waals surface area contributed by atoms with Gasteiger partial charge in [-0.25, -0.2) is 18.5 Å².